The van der Waals surface area contributed by atoms with Gasteiger partial charge in [0.1, 0.15) is 0 Å². The molecule has 0 radical (unpaired) electrons. The van der Waals surface area contributed by atoms with Gasteiger partial charge in [0.25, 0.3) is 0 Å². The van der Waals surface area contributed by atoms with Gasteiger partial charge in [0.2, 0.25) is 0 Å². The van der Waals surface area contributed by atoms with Gasteiger partial charge in [-0.3, -0.25) is 0 Å². The van der Waals surface area contributed by atoms with Crippen LogP contribution in [0.3, 0.4) is 0 Å². The van der Waals surface area contributed by atoms with E-state index in [0.717, 1.165) is 6.54 Å². The van der Waals surface area contributed by atoms with Crippen LogP contribution in [0.1, 0.15) is 25.0 Å². The summed E-state index contributed by atoms with van der Waals surface area (Å²) in [5.74, 6) is 0. The second-order valence-electron chi connectivity index (χ2n) is 5.04. The number of benzene rings is 1. The smallest absolute Gasteiger partial charge is 0.0370 e. The Bertz CT molecular complexity index is 329. The van der Waals surface area contributed by atoms with Gasteiger partial charge in [0.05, 0.1) is 0 Å². The summed E-state index contributed by atoms with van der Waals surface area (Å²) in [7, 11) is 0. The van der Waals surface area contributed by atoms with Crippen molar-refractivity contribution in [1.82, 2.24) is 0 Å². The fraction of sp³-hybridized carbons (Fsp3) is 0.538. The largest absolute Gasteiger partial charge is 0.384 e. The Labute approximate surface area is 92.9 Å². The molecule has 3 N–H and O–H groups in total. The van der Waals surface area contributed by atoms with E-state index in [4.69, 9.17) is 5.73 Å². The molecular formula is C13H22N2. The van der Waals surface area contributed by atoms with Gasteiger partial charge >= 0.3 is 0 Å². The Balaban J connectivity index is 2.66. The van der Waals surface area contributed by atoms with Gasteiger partial charge in [-0.15, -0.1) is 0 Å². The van der Waals surface area contributed by atoms with Gasteiger partial charge in [0.15, 0.2) is 0 Å². The van der Waals surface area contributed by atoms with E-state index in [1.165, 1.54) is 16.8 Å². The van der Waals surface area contributed by atoms with E-state index in [1.54, 1.807) is 0 Å². The highest BCUT2D eigenvalue weighted by molar-refractivity contribution is 5.52. The molecule has 0 aliphatic carbocycles. The molecule has 0 aromatic heterocycles. The molecule has 0 fully saturated rings. The molecule has 1 rings (SSSR count). The number of nitrogens with two attached hydrogens (primary N) is 1. The molecule has 84 valence electrons. The molecule has 0 aliphatic heterocycles. The normalized spacial score (nSPS) is 11.5. The van der Waals surface area contributed by atoms with Gasteiger partial charge in [-0.2, -0.15) is 0 Å². The van der Waals surface area contributed by atoms with Crippen LogP contribution >= 0.6 is 0 Å². The summed E-state index contributed by atoms with van der Waals surface area (Å²) >= 11 is 0. The van der Waals surface area contributed by atoms with Crippen LogP contribution in [-0.4, -0.2) is 13.1 Å². The highest BCUT2D eigenvalue weighted by Crippen LogP contribution is 2.19. The topological polar surface area (TPSA) is 38.0 Å². The van der Waals surface area contributed by atoms with Crippen molar-refractivity contribution >= 4 is 5.69 Å². The number of hydrogen-bond donors (Lipinski definition) is 2. The molecule has 0 saturated heterocycles. The van der Waals surface area contributed by atoms with Crippen LogP contribution in [0.25, 0.3) is 0 Å². The summed E-state index contributed by atoms with van der Waals surface area (Å²) in [6.45, 7) is 10.2. The van der Waals surface area contributed by atoms with Crippen molar-refractivity contribution in [1.29, 1.82) is 0 Å². The van der Waals surface area contributed by atoms with E-state index in [-0.39, 0.29) is 5.41 Å². The van der Waals surface area contributed by atoms with Crippen molar-refractivity contribution in [3.63, 3.8) is 0 Å². The van der Waals surface area contributed by atoms with Crippen molar-refractivity contribution in [2.24, 2.45) is 11.1 Å². The highest BCUT2D eigenvalue weighted by atomic mass is 14.9. The lowest BCUT2D eigenvalue weighted by molar-refractivity contribution is 0.405. The van der Waals surface area contributed by atoms with Crippen LogP contribution in [0.4, 0.5) is 5.69 Å². The molecule has 0 aliphatic rings. The maximum Gasteiger partial charge on any atom is 0.0370 e. The zero-order chi connectivity index (χ0) is 11.5. The molecule has 0 unspecified atom stereocenters. The predicted molar refractivity (Wildman–Crippen MR) is 67.2 cm³/mol. The fourth-order valence-electron chi connectivity index (χ4n) is 1.42. The van der Waals surface area contributed by atoms with Crippen LogP contribution < -0.4 is 11.1 Å². The standard InChI is InChI=1S/C13H22N2/c1-10-5-6-12(11(2)7-10)15-9-13(3,4)8-14/h5-7,15H,8-9,14H2,1-4H3. The Hall–Kier alpha value is -1.02. The fourth-order valence-corrected chi connectivity index (χ4v) is 1.42. The zero-order valence-corrected chi connectivity index (χ0v) is 10.2. The third-order valence-electron chi connectivity index (χ3n) is 2.69. The monoisotopic (exact) mass is 206 g/mol. The first-order chi connectivity index (χ1) is 6.94. The van der Waals surface area contributed by atoms with Crippen LogP contribution in [0.5, 0.6) is 0 Å². The van der Waals surface area contributed by atoms with Gasteiger partial charge in [-0.25, -0.2) is 0 Å². The molecule has 1 aromatic rings. The second kappa shape index (κ2) is 4.67. The van der Waals surface area contributed by atoms with Crippen LogP contribution in [-0.2, 0) is 0 Å². The second-order valence-corrected chi connectivity index (χ2v) is 5.04. The van der Waals surface area contributed by atoms with E-state index in [0.29, 0.717) is 6.54 Å². The number of rotatable bonds is 4. The van der Waals surface area contributed by atoms with E-state index in [1.807, 2.05) is 0 Å². The third kappa shape index (κ3) is 3.56. The molecule has 2 nitrogen and oxygen atoms in total. The quantitative estimate of drug-likeness (QED) is 0.795. The molecule has 0 atom stereocenters. The van der Waals surface area contributed by atoms with E-state index in [9.17, 15) is 0 Å². The van der Waals surface area contributed by atoms with E-state index >= 15 is 0 Å². The van der Waals surface area contributed by atoms with Crippen molar-refractivity contribution in [3.05, 3.63) is 29.3 Å². The Morgan fingerprint density at radius 1 is 1.27 bits per heavy atom. The summed E-state index contributed by atoms with van der Waals surface area (Å²) in [5.41, 5.74) is 9.65. The highest BCUT2D eigenvalue weighted by Gasteiger charge is 2.15. The molecule has 0 saturated carbocycles. The van der Waals surface area contributed by atoms with Crippen LogP contribution in [0.15, 0.2) is 18.2 Å². The van der Waals surface area contributed by atoms with E-state index < -0.39 is 0 Å². The van der Waals surface area contributed by atoms with Crippen molar-refractivity contribution in [2.75, 3.05) is 18.4 Å². The first-order valence-corrected chi connectivity index (χ1v) is 5.46. The maximum absolute atomic E-state index is 5.69. The first kappa shape index (κ1) is 12.1. The average molecular weight is 206 g/mol. The van der Waals surface area contributed by atoms with Crippen molar-refractivity contribution < 1.29 is 0 Å². The molecular weight excluding hydrogens is 184 g/mol. The summed E-state index contributed by atoms with van der Waals surface area (Å²) in [6.07, 6.45) is 0. The molecule has 0 amide bonds. The van der Waals surface area contributed by atoms with Gasteiger partial charge < -0.3 is 11.1 Å². The maximum atomic E-state index is 5.69. The minimum absolute atomic E-state index is 0.150. The number of hydrogen-bond acceptors (Lipinski definition) is 2. The lowest BCUT2D eigenvalue weighted by atomic mass is 9.93. The lowest BCUT2D eigenvalue weighted by Crippen LogP contribution is -2.31. The molecule has 15 heavy (non-hydrogen) atoms. The SMILES string of the molecule is Cc1ccc(NCC(C)(C)CN)c(C)c1. The van der Waals surface area contributed by atoms with Crippen molar-refractivity contribution in [3.8, 4) is 0 Å². The molecule has 1 aromatic carbocycles. The molecule has 0 heterocycles. The van der Waals surface area contributed by atoms with Crippen LogP contribution in [0, 0.1) is 19.3 Å². The number of anilines is 1. The number of nitrogens with one attached hydrogen (secondary N) is 1. The average Bonchev–Trinajstić information content (AvgIpc) is 2.16. The zero-order valence-electron chi connectivity index (χ0n) is 10.2. The number of aryl methyl sites for hydroxylation is 2. The molecule has 2 heteroatoms. The minimum atomic E-state index is 0.150. The molecule has 0 spiro atoms. The summed E-state index contributed by atoms with van der Waals surface area (Å²) in [4.78, 5) is 0. The van der Waals surface area contributed by atoms with Gasteiger partial charge in [-0.1, -0.05) is 31.5 Å². The minimum Gasteiger partial charge on any atom is -0.384 e. The lowest BCUT2D eigenvalue weighted by Gasteiger charge is -2.24. The Morgan fingerprint density at radius 3 is 2.47 bits per heavy atom. The van der Waals surface area contributed by atoms with Gasteiger partial charge in [-0.05, 0) is 37.4 Å². The van der Waals surface area contributed by atoms with E-state index in [2.05, 4.69) is 51.2 Å². The summed E-state index contributed by atoms with van der Waals surface area (Å²) in [5, 5.41) is 3.45. The summed E-state index contributed by atoms with van der Waals surface area (Å²) < 4.78 is 0. The Kier molecular flexibility index (Phi) is 3.75. The third-order valence-corrected chi connectivity index (χ3v) is 2.69. The first-order valence-electron chi connectivity index (χ1n) is 5.46. The Morgan fingerprint density at radius 2 is 1.93 bits per heavy atom. The molecule has 0 bridgehead atoms. The van der Waals surface area contributed by atoms with Crippen molar-refractivity contribution in [2.45, 2.75) is 27.7 Å². The predicted octanol–water partition coefficient (Wildman–Crippen LogP) is 2.70. The van der Waals surface area contributed by atoms with Crippen LogP contribution in [0.2, 0.25) is 0 Å². The summed E-state index contributed by atoms with van der Waals surface area (Å²) in [6, 6.07) is 6.46. The van der Waals surface area contributed by atoms with Gasteiger partial charge in [0, 0.05) is 12.2 Å².